The number of carboxylic acid groups (broad SMARTS) is 1. The fourth-order valence-corrected chi connectivity index (χ4v) is 1.91. The average Bonchev–Trinajstić information content (AvgIpc) is 3.12. The molecule has 1 atom stereocenters. The minimum Gasteiger partial charge on any atom is -0.476 e. The van der Waals surface area contributed by atoms with Gasteiger partial charge in [0, 0.05) is 18.9 Å². The zero-order valence-electron chi connectivity index (χ0n) is 11.9. The number of amides is 1. The van der Waals surface area contributed by atoms with E-state index in [1.165, 1.54) is 16.9 Å². The summed E-state index contributed by atoms with van der Waals surface area (Å²) in [6, 6.07) is 2.61. The summed E-state index contributed by atoms with van der Waals surface area (Å²) < 4.78 is 3.12. The molecule has 0 radical (unpaired) electrons. The minimum atomic E-state index is -1.12. The van der Waals surface area contributed by atoms with Gasteiger partial charge in [-0.1, -0.05) is 0 Å². The fourth-order valence-electron chi connectivity index (χ4n) is 1.91. The Hall–Kier alpha value is -2.64. The monoisotopic (exact) mass is 291 g/mol. The SMILES string of the molecule is CCn1nccc1CNC(=O)C(C)n1ccc(C(=O)O)n1. The molecule has 2 aromatic heterocycles. The van der Waals surface area contributed by atoms with E-state index in [-0.39, 0.29) is 11.6 Å². The third kappa shape index (κ3) is 3.28. The van der Waals surface area contributed by atoms with Crippen molar-refractivity contribution in [3.63, 3.8) is 0 Å². The van der Waals surface area contributed by atoms with E-state index >= 15 is 0 Å². The van der Waals surface area contributed by atoms with Crippen LogP contribution in [0.2, 0.25) is 0 Å². The molecule has 0 saturated heterocycles. The minimum absolute atomic E-state index is 0.0845. The van der Waals surface area contributed by atoms with Gasteiger partial charge in [-0.3, -0.25) is 14.2 Å². The van der Waals surface area contributed by atoms with E-state index < -0.39 is 12.0 Å². The van der Waals surface area contributed by atoms with Crippen molar-refractivity contribution in [1.82, 2.24) is 24.9 Å². The summed E-state index contributed by atoms with van der Waals surface area (Å²) in [6.07, 6.45) is 3.16. The first kappa shape index (κ1) is 14.8. The number of carboxylic acids is 1. The maximum atomic E-state index is 12.1. The molecule has 8 heteroatoms. The highest BCUT2D eigenvalue weighted by Gasteiger charge is 2.17. The summed E-state index contributed by atoms with van der Waals surface area (Å²) in [4.78, 5) is 22.8. The van der Waals surface area contributed by atoms with E-state index in [2.05, 4.69) is 15.5 Å². The summed E-state index contributed by atoms with van der Waals surface area (Å²) in [5.41, 5.74) is 0.823. The third-order valence-corrected chi connectivity index (χ3v) is 3.15. The lowest BCUT2D eigenvalue weighted by Gasteiger charge is -2.13. The van der Waals surface area contributed by atoms with E-state index in [1.54, 1.807) is 17.8 Å². The van der Waals surface area contributed by atoms with E-state index in [0.717, 1.165) is 12.2 Å². The number of rotatable bonds is 6. The van der Waals surface area contributed by atoms with Gasteiger partial charge in [0.15, 0.2) is 5.69 Å². The number of nitrogens with one attached hydrogen (secondary N) is 1. The van der Waals surface area contributed by atoms with E-state index in [0.29, 0.717) is 6.54 Å². The van der Waals surface area contributed by atoms with Crippen molar-refractivity contribution in [2.45, 2.75) is 33.0 Å². The zero-order valence-corrected chi connectivity index (χ0v) is 11.9. The summed E-state index contributed by atoms with van der Waals surface area (Å²) in [5, 5.41) is 19.6. The molecule has 2 heterocycles. The van der Waals surface area contributed by atoms with Gasteiger partial charge >= 0.3 is 5.97 Å². The molecule has 1 unspecified atom stereocenters. The molecule has 21 heavy (non-hydrogen) atoms. The zero-order chi connectivity index (χ0) is 15.4. The van der Waals surface area contributed by atoms with Crippen LogP contribution in [0.15, 0.2) is 24.5 Å². The van der Waals surface area contributed by atoms with Crippen LogP contribution in [0.25, 0.3) is 0 Å². The molecule has 1 amide bonds. The van der Waals surface area contributed by atoms with Crippen LogP contribution in [0.1, 0.15) is 36.1 Å². The van der Waals surface area contributed by atoms with Crippen molar-refractivity contribution >= 4 is 11.9 Å². The number of hydrogen-bond donors (Lipinski definition) is 2. The van der Waals surface area contributed by atoms with E-state index in [1.807, 2.05) is 13.0 Å². The maximum Gasteiger partial charge on any atom is 0.356 e. The number of aryl methyl sites for hydroxylation is 1. The van der Waals surface area contributed by atoms with Gasteiger partial charge in [-0.2, -0.15) is 10.2 Å². The van der Waals surface area contributed by atoms with Crippen LogP contribution in [0, 0.1) is 0 Å². The molecule has 0 saturated carbocycles. The Labute approximate surface area is 121 Å². The molecule has 0 fully saturated rings. The van der Waals surface area contributed by atoms with Crippen LogP contribution < -0.4 is 5.32 Å². The number of aromatic carboxylic acids is 1. The molecular weight excluding hydrogens is 274 g/mol. The molecule has 8 nitrogen and oxygen atoms in total. The highest BCUT2D eigenvalue weighted by molar-refractivity contribution is 5.85. The quantitative estimate of drug-likeness (QED) is 0.814. The largest absolute Gasteiger partial charge is 0.476 e. The number of aromatic nitrogens is 4. The highest BCUT2D eigenvalue weighted by Crippen LogP contribution is 2.07. The molecule has 2 aromatic rings. The second-order valence-electron chi connectivity index (χ2n) is 4.52. The van der Waals surface area contributed by atoms with Crippen molar-refractivity contribution in [3.8, 4) is 0 Å². The van der Waals surface area contributed by atoms with Crippen LogP contribution in [0.3, 0.4) is 0 Å². The third-order valence-electron chi connectivity index (χ3n) is 3.15. The topological polar surface area (TPSA) is 102 Å². The normalized spacial score (nSPS) is 12.1. The van der Waals surface area contributed by atoms with Gasteiger partial charge in [0.1, 0.15) is 6.04 Å². The van der Waals surface area contributed by atoms with Crippen molar-refractivity contribution in [2.75, 3.05) is 0 Å². The van der Waals surface area contributed by atoms with Crippen molar-refractivity contribution in [2.24, 2.45) is 0 Å². The number of carbonyl (C=O) groups is 2. The van der Waals surface area contributed by atoms with Crippen LogP contribution in [-0.2, 0) is 17.9 Å². The van der Waals surface area contributed by atoms with E-state index in [9.17, 15) is 9.59 Å². The molecule has 0 bridgehead atoms. The van der Waals surface area contributed by atoms with Gasteiger partial charge in [0.2, 0.25) is 5.91 Å². The Bertz CT molecular complexity index is 646. The van der Waals surface area contributed by atoms with Crippen molar-refractivity contribution in [3.05, 3.63) is 35.9 Å². The smallest absolute Gasteiger partial charge is 0.356 e. The maximum absolute atomic E-state index is 12.1. The summed E-state index contributed by atoms with van der Waals surface area (Å²) in [6.45, 7) is 4.72. The van der Waals surface area contributed by atoms with Crippen LogP contribution in [0.5, 0.6) is 0 Å². The lowest BCUT2D eigenvalue weighted by atomic mass is 10.3. The van der Waals surface area contributed by atoms with Crippen molar-refractivity contribution in [1.29, 1.82) is 0 Å². The van der Waals surface area contributed by atoms with Gasteiger partial charge in [-0.15, -0.1) is 0 Å². The highest BCUT2D eigenvalue weighted by atomic mass is 16.4. The second-order valence-corrected chi connectivity index (χ2v) is 4.52. The summed E-state index contributed by atoms with van der Waals surface area (Å²) in [7, 11) is 0. The van der Waals surface area contributed by atoms with Crippen LogP contribution in [0.4, 0.5) is 0 Å². The Kier molecular flexibility index (Phi) is 4.36. The lowest BCUT2D eigenvalue weighted by Crippen LogP contribution is -2.31. The van der Waals surface area contributed by atoms with Gasteiger partial charge in [-0.05, 0) is 26.0 Å². The molecule has 2 N–H and O–H groups in total. The number of nitrogens with zero attached hydrogens (tertiary/aromatic N) is 4. The summed E-state index contributed by atoms with van der Waals surface area (Å²) >= 11 is 0. The molecule has 0 aliphatic carbocycles. The van der Waals surface area contributed by atoms with Gasteiger partial charge in [0.25, 0.3) is 0 Å². The Morgan fingerprint density at radius 2 is 2.19 bits per heavy atom. The molecule has 0 aliphatic rings. The molecule has 112 valence electrons. The molecule has 0 aliphatic heterocycles. The molecule has 2 rings (SSSR count). The molecule has 0 aromatic carbocycles. The predicted molar refractivity (Wildman–Crippen MR) is 73.6 cm³/mol. The first-order valence-corrected chi connectivity index (χ1v) is 6.59. The lowest BCUT2D eigenvalue weighted by molar-refractivity contribution is -0.124. The Morgan fingerprint density at radius 3 is 2.81 bits per heavy atom. The standard InChI is InChI=1S/C13H17N5O3/c1-3-17-10(4-6-15-17)8-14-12(19)9(2)18-7-5-11(16-18)13(20)21/h4-7,9H,3,8H2,1-2H3,(H,14,19)(H,20,21). The average molecular weight is 291 g/mol. The first-order valence-electron chi connectivity index (χ1n) is 6.59. The fraction of sp³-hybridized carbons (Fsp3) is 0.385. The second kappa shape index (κ2) is 6.21. The predicted octanol–water partition coefficient (Wildman–Crippen LogP) is 0.675. The molecular formula is C13H17N5O3. The van der Waals surface area contributed by atoms with Gasteiger partial charge < -0.3 is 10.4 Å². The number of carbonyl (C=O) groups excluding carboxylic acids is 1. The van der Waals surface area contributed by atoms with E-state index in [4.69, 9.17) is 5.11 Å². The van der Waals surface area contributed by atoms with Crippen LogP contribution in [-0.4, -0.2) is 36.5 Å². The first-order chi connectivity index (χ1) is 10.0. The molecule has 0 spiro atoms. The summed E-state index contributed by atoms with van der Waals surface area (Å²) in [5.74, 6) is -1.35. The van der Waals surface area contributed by atoms with Crippen molar-refractivity contribution < 1.29 is 14.7 Å². The Balaban J connectivity index is 1.97. The van der Waals surface area contributed by atoms with Crippen LogP contribution >= 0.6 is 0 Å². The van der Waals surface area contributed by atoms with Gasteiger partial charge in [0.05, 0.1) is 12.2 Å². The number of hydrogen-bond acceptors (Lipinski definition) is 4. The van der Waals surface area contributed by atoms with Gasteiger partial charge in [-0.25, -0.2) is 4.79 Å². The Morgan fingerprint density at radius 1 is 1.43 bits per heavy atom.